The van der Waals surface area contributed by atoms with E-state index < -0.39 is 0 Å². The first kappa shape index (κ1) is 14.2. The van der Waals surface area contributed by atoms with E-state index >= 15 is 0 Å². The summed E-state index contributed by atoms with van der Waals surface area (Å²) in [6, 6.07) is 8.55. The van der Waals surface area contributed by atoms with E-state index in [-0.39, 0.29) is 0 Å². The molecule has 2 aromatic heterocycles. The highest BCUT2D eigenvalue weighted by atomic mass is 15.2. The Kier molecular flexibility index (Phi) is 3.50. The molecular weight excluding hydrogens is 286 g/mol. The summed E-state index contributed by atoms with van der Waals surface area (Å²) >= 11 is 0. The SMILES string of the molecule is Cc1cc(-c2cnc3[nH]ccc3n2)ccc1N1CCN(C)CC1. The number of rotatable bonds is 2. The van der Waals surface area contributed by atoms with Gasteiger partial charge < -0.3 is 14.8 Å². The zero-order valence-electron chi connectivity index (χ0n) is 13.6. The first-order chi connectivity index (χ1) is 11.2. The minimum atomic E-state index is 0.833. The molecule has 1 N–H and O–H groups in total. The van der Waals surface area contributed by atoms with Crippen molar-refractivity contribution in [3.63, 3.8) is 0 Å². The first-order valence-corrected chi connectivity index (χ1v) is 8.05. The maximum Gasteiger partial charge on any atom is 0.156 e. The number of benzene rings is 1. The topological polar surface area (TPSA) is 48.1 Å². The smallest absolute Gasteiger partial charge is 0.156 e. The van der Waals surface area contributed by atoms with Gasteiger partial charge in [-0.2, -0.15) is 0 Å². The van der Waals surface area contributed by atoms with Crippen molar-refractivity contribution in [1.82, 2.24) is 19.9 Å². The molecule has 1 aliphatic heterocycles. The Morgan fingerprint density at radius 3 is 2.70 bits per heavy atom. The molecule has 0 unspecified atom stereocenters. The molecule has 5 nitrogen and oxygen atoms in total. The predicted molar refractivity (Wildman–Crippen MR) is 93.8 cm³/mol. The van der Waals surface area contributed by atoms with E-state index in [1.807, 2.05) is 18.5 Å². The Morgan fingerprint density at radius 2 is 1.91 bits per heavy atom. The zero-order valence-corrected chi connectivity index (χ0v) is 13.6. The molecule has 0 saturated carbocycles. The number of likely N-dealkylation sites (N-methyl/N-ethyl adjacent to an activating group) is 1. The van der Waals surface area contributed by atoms with Crippen molar-refractivity contribution < 1.29 is 0 Å². The maximum absolute atomic E-state index is 4.68. The van der Waals surface area contributed by atoms with Gasteiger partial charge in [-0.1, -0.05) is 6.07 Å². The van der Waals surface area contributed by atoms with Crippen molar-refractivity contribution in [2.24, 2.45) is 0 Å². The Hall–Kier alpha value is -2.40. The van der Waals surface area contributed by atoms with Gasteiger partial charge in [0, 0.05) is 43.6 Å². The Labute approximate surface area is 136 Å². The van der Waals surface area contributed by atoms with Gasteiger partial charge in [0.25, 0.3) is 0 Å². The lowest BCUT2D eigenvalue weighted by Gasteiger charge is -2.35. The summed E-state index contributed by atoms with van der Waals surface area (Å²) in [4.78, 5) is 17.0. The van der Waals surface area contributed by atoms with Crippen LogP contribution in [0.4, 0.5) is 5.69 Å². The zero-order chi connectivity index (χ0) is 15.8. The molecule has 4 rings (SSSR count). The van der Waals surface area contributed by atoms with Crippen molar-refractivity contribution in [2.45, 2.75) is 6.92 Å². The predicted octanol–water partition coefficient (Wildman–Crippen LogP) is 2.69. The van der Waals surface area contributed by atoms with Crippen molar-refractivity contribution in [3.05, 3.63) is 42.2 Å². The maximum atomic E-state index is 4.68. The number of hydrogen-bond donors (Lipinski definition) is 1. The number of H-pyrrole nitrogens is 1. The molecule has 118 valence electrons. The number of nitrogens with one attached hydrogen (secondary N) is 1. The molecule has 3 heterocycles. The Bertz CT molecular complexity index is 830. The van der Waals surface area contributed by atoms with Gasteiger partial charge in [0.05, 0.1) is 11.9 Å². The third-order valence-electron chi connectivity index (χ3n) is 4.60. The van der Waals surface area contributed by atoms with Crippen molar-refractivity contribution in [3.8, 4) is 11.3 Å². The molecule has 1 aromatic carbocycles. The van der Waals surface area contributed by atoms with Gasteiger partial charge in [-0.05, 0) is 37.7 Å². The summed E-state index contributed by atoms with van der Waals surface area (Å²) in [5.41, 5.74) is 6.41. The standard InChI is InChI=1S/C18H21N5/c1-13-11-14(16-12-20-18-15(21-16)5-6-19-18)3-4-17(13)23-9-7-22(2)8-10-23/h3-6,11-12H,7-10H2,1-2H3,(H,19,20). The molecule has 0 amide bonds. The molecule has 0 radical (unpaired) electrons. The Morgan fingerprint density at radius 1 is 1.09 bits per heavy atom. The van der Waals surface area contributed by atoms with E-state index in [9.17, 15) is 0 Å². The van der Waals surface area contributed by atoms with Crippen LogP contribution in [0.2, 0.25) is 0 Å². The lowest BCUT2D eigenvalue weighted by atomic mass is 10.1. The fraction of sp³-hybridized carbons (Fsp3) is 0.333. The number of piperazine rings is 1. The van der Waals surface area contributed by atoms with Gasteiger partial charge in [0.15, 0.2) is 5.65 Å². The van der Waals surface area contributed by atoms with Crippen LogP contribution in [0.1, 0.15) is 5.56 Å². The van der Waals surface area contributed by atoms with Crippen LogP contribution < -0.4 is 4.90 Å². The summed E-state index contributed by atoms with van der Waals surface area (Å²) in [5.74, 6) is 0. The quantitative estimate of drug-likeness (QED) is 0.791. The van der Waals surface area contributed by atoms with Gasteiger partial charge in [-0.25, -0.2) is 9.97 Å². The second kappa shape index (κ2) is 5.66. The number of aromatic nitrogens is 3. The highest BCUT2D eigenvalue weighted by Crippen LogP contribution is 2.27. The molecule has 3 aromatic rings. The van der Waals surface area contributed by atoms with Crippen molar-refractivity contribution in [1.29, 1.82) is 0 Å². The van der Waals surface area contributed by atoms with E-state index in [1.54, 1.807) is 0 Å². The third kappa shape index (κ3) is 2.68. The van der Waals surface area contributed by atoms with E-state index in [0.717, 1.165) is 48.6 Å². The average Bonchev–Trinajstić information content (AvgIpc) is 3.03. The highest BCUT2D eigenvalue weighted by molar-refractivity contribution is 5.75. The van der Waals surface area contributed by atoms with E-state index in [0.29, 0.717) is 0 Å². The number of fused-ring (bicyclic) bond motifs is 1. The van der Waals surface area contributed by atoms with Crippen LogP contribution in [-0.2, 0) is 0 Å². The monoisotopic (exact) mass is 307 g/mol. The van der Waals surface area contributed by atoms with Crippen molar-refractivity contribution in [2.75, 3.05) is 38.1 Å². The lowest BCUT2D eigenvalue weighted by Crippen LogP contribution is -2.44. The fourth-order valence-electron chi connectivity index (χ4n) is 3.19. The number of hydrogen-bond acceptors (Lipinski definition) is 4. The molecule has 0 atom stereocenters. The van der Waals surface area contributed by atoms with Crippen LogP contribution in [-0.4, -0.2) is 53.1 Å². The van der Waals surface area contributed by atoms with Crippen molar-refractivity contribution >= 4 is 16.9 Å². The van der Waals surface area contributed by atoms with E-state index in [1.165, 1.54) is 11.3 Å². The van der Waals surface area contributed by atoms with Gasteiger partial charge >= 0.3 is 0 Å². The summed E-state index contributed by atoms with van der Waals surface area (Å²) in [7, 11) is 2.18. The highest BCUT2D eigenvalue weighted by Gasteiger charge is 2.16. The normalized spacial score (nSPS) is 16.2. The number of aromatic amines is 1. The molecule has 1 aliphatic rings. The summed E-state index contributed by atoms with van der Waals surface area (Å²) in [6.45, 7) is 6.60. The molecule has 23 heavy (non-hydrogen) atoms. The largest absolute Gasteiger partial charge is 0.369 e. The molecular formula is C18H21N5. The Balaban J connectivity index is 1.64. The van der Waals surface area contributed by atoms with Crippen LogP contribution in [0.5, 0.6) is 0 Å². The van der Waals surface area contributed by atoms with E-state index in [4.69, 9.17) is 0 Å². The molecule has 0 aliphatic carbocycles. The second-order valence-corrected chi connectivity index (χ2v) is 6.26. The fourth-order valence-corrected chi connectivity index (χ4v) is 3.19. The summed E-state index contributed by atoms with van der Waals surface area (Å²) in [6.07, 6.45) is 3.71. The van der Waals surface area contributed by atoms with Crippen LogP contribution in [0.3, 0.4) is 0 Å². The van der Waals surface area contributed by atoms with Crippen LogP contribution in [0, 0.1) is 6.92 Å². The second-order valence-electron chi connectivity index (χ2n) is 6.26. The average molecular weight is 307 g/mol. The van der Waals surface area contributed by atoms with Crippen LogP contribution in [0.25, 0.3) is 22.4 Å². The van der Waals surface area contributed by atoms with Crippen LogP contribution in [0.15, 0.2) is 36.7 Å². The molecule has 0 spiro atoms. The minimum absolute atomic E-state index is 0.833. The molecule has 0 bridgehead atoms. The summed E-state index contributed by atoms with van der Waals surface area (Å²) in [5, 5.41) is 0. The third-order valence-corrected chi connectivity index (χ3v) is 4.60. The summed E-state index contributed by atoms with van der Waals surface area (Å²) < 4.78 is 0. The molecule has 1 fully saturated rings. The number of anilines is 1. The first-order valence-electron chi connectivity index (χ1n) is 8.05. The number of aryl methyl sites for hydroxylation is 1. The van der Waals surface area contributed by atoms with Crippen LogP contribution >= 0.6 is 0 Å². The lowest BCUT2D eigenvalue weighted by molar-refractivity contribution is 0.312. The number of nitrogens with zero attached hydrogens (tertiary/aromatic N) is 4. The van der Waals surface area contributed by atoms with E-state index in [2.05, 4.69) is 56.9 Å². The van der Waals surface area contributed by atoms with Gasteiger partial charge in [-0.3, -0.25) is 0 Å². The molecule has 1 saturated heterocycles. The minimum Gasteiger partial charge on any atom is -0.369 e. The molecule has 5 heteroatoms. The van der Waals surface area contributed by atoms with Gasteiger partial charge in [-0.15, -0.1) is 0 Å². The van der Waals surface area contributed by atoms with Gasteiger partial charge in [0.2, 0.25) is 0 Å². The van der Waals surface area contributed by atoms with Gasteiger partial charge in [0.1, 0.15) is 5.52 Å².